The van der Waals surface area contributed by atoms with E-state index in [0.717, 1.165) is 0 Å². The van der Waals surface area contributed by atoms with Gasteiger partial charge >= 0.3 is 0 Å². The van der Waals surface area contributed by atoms with Gasteiger partial charge in [-0.3, -0.25) is 15.0 Å². The second-order valence-electron chi connectivity index (χ2n) is 6.89. The quantitative estimate of drug-likeness (QED) is 0.351. The molecule has 0 saturated carbocycles. The summed E-state index contributed by atoms with van der Waals surface area (Å²) in [7, 11) is 0. The Morgan fingerprint density at radius 2 is 1.77 bits per heavy atom. The third-order valence-corrected chi connectivity index (χ3v) is 5.41. The van der Waals surface area contributed by atoms with Gasteiger partial charge in [0.1, 0.15) is 11.6 Å². The smallest absolute Gasteiger partial charge is 0.271 e. The molecule has 0 saturated heterocycles. The predicted molar refractivity (Wildman–Crippen MR) is 117 cm³/mol. The standard InChI is InChI=1S/C22H12Cl2F2N4O/c23-12-6-11(7-13(25)8-12)20-10-19(15-2-1-3-16-21(15)27-28-22(16)31)29-30(20)14-4-5-18(26)17(24)9-14/h1-10H,(H2,27,28,31). The Morgan fingerprint density at radius 1 is 0.935 bits per heavy atom. The molecule has 0 radical (unpaired) electrons. The Bertz CT molecular complexity index is 1500. The maximum absolute atomic E-state index is 14.1. The molecule has 5 aromatic rings. The Hall–Kier alpha value is -3.42. The van der Waals surface area contributed by atoms with Crippen molar-refractivity contribution in [2.24, 2.45) is 0 Å². The topological polar surface area (TPSA) is 66.5 Å². The molecule has 9 heteroatoms. The van der Waals surface area contributed by atoms with Crippen molar-refractivity contribution >= 4 is 34.1 Å². The fourth-order valence-electron chi connectivity index (χ4n) is 3.51. The lowest BCUT2D eigenvalue weighted by atomic mass is 10.1. The first kappa shape index (κ1) is 19.5. The van der Waals surface area contributed by atoms with Gasteiger partial charge in [-0.2, -0.15) is 5.10 Å². The van der Waals surface area contributed by atoms with Crippen LogP contribution < -0.4 is 5.56 Å². The van der Waals surface area contributed by atoms with E-state index in [0.29, 0.717) is 39.1 Å². The first-order valence-electron chi connectivity index (χ1n) is 9.12. The number of aromatic nitrogens is 4. The van der Waals surface area contributed by atoms with E-state index in [9.17, 15) is 13.6 Å². The van der Waals surface area contributed by atoms with Crippen molar-refractivity contribution in [3.63, 3.8) is 0 Å². The summed E-state index contributed by atoms with van der Waals surface area (Å²) in [5.41, 5.74) is 2.95. The summed E-state index contributed by atoms with van der Waals surface area (Å²) in [6.07, 6.45) is 0. The monoisotopic (exact) mass is 456 g/mol. The van der Waals surface area contributed by atoms with Gasteiger partial charge in [0, 0.05) is 16.1 Å². The molecule has 154 valence electrons. The molecule has 0 aliphatic heterocycles. The molecule has 5 nitrogen and oxygen atoms in total. The second-order valence-corrected chi connectivity index (χ2v) is 7.73. The van der Waals surface area contributed by atoms with E-state index in [4.69, 9.17) is 23.2 Å². The maximum Gasteiger partial charge on any atom is 0.271 e. The summed E-state index contributed by atoms with van der Waals surface area (Å²) >= 11 is 12.0. The SMILES string of the molecule is O=c1[nH][nH]c2c(-c3cc(-c4cc(F)cc(Cl)c4)n(-c4ccc(F)c(Cl)c4)n3)cccc12. The normalized spacial score (nSPS) is 11.4. The number of nitrogens with zero attached hydrogens (tertiary/aromatic N) is 2. The summed E-state index contributed by atoms with van der Waals surface area (Å²) in [4.78, 5) is 12.0. The van der Waals surface area contributed by atoms with Crippen LogP contribution in [0.25, 0.3) is 39.1 Å². The van der Waals surface area contributed by atoms with Crippen molar-refractivity contribution in [2.75, 3.05) is 0 Å². The zero-order valence-corrected chi connectivity index (χ0v) is 17.1. The number of rotatable bonds is 3. The molecule has 0 unspecified atom stereocenters. The van der Waals surface area contributed by atoms with Crippen molar-refractivity contribution in [3.8, 4) is 28.2 Å². The van der Waals surface area contributed by atoms with E-state index in [2.05, 4.69) is 15.3 Å². The van der Waals surface area contributed by atoms with Gasteiger partial charge in [-0.1, -0.05) is 35.3 Å². The highest BCUT2D eigenvalue weighted by Crippen LogP contribution is 2.33. The number of para-hydroxylation sites is 1. The third kappa shape index (κ3) is 3.41. The van der Waals surface area contributed by atoms with E-state index < -0.39 is 11.6 Å². The molecule has 0 spiro atoms. The lowest BCUT2D eigenvalue weighted by molar-refractivity contribution is 0.627. The molecular weight excluding hydrogens is 445 g/mol. The van der Waals surface area contributed by atoms with Crippen LogP contribution in [0.1, 0.15) is 0 Å². The molecule has 5 rings (SSSR count). The minimum Gasteiger partial charge on any atom is -0.297 e. The summed E-state index contributed by atoms with van der Waals surface area (Å²) in [6.45, 7) is 0. The first-order chi connectivity index (χ1) is 14.9. The summed E-state index contributed by atoms with van der Waals surface area (Å²) in [6, 6.07) is 15.3. The van der Waals surface area contributed by atoms with Crippen molar-refractivity contribution < 1.29 is 8.78 Å². The molecule has 31 heavy (non-hydrogen) atoms. The van der Waals surface area contributed by atoms with Gasteiger partial charge in [-0.25, -0.2) is 13.5 Å². The zero-order chi connectivity index (χ0) is 21.7. The van der Waals surface area contributed by atoms with Crippen LogP contribution in [0.4, 0.5) is 8.78 Å². The van der Waals surface area contributed by atoms with Gasteiger partial charge in [0.05, 0.1) is 33.0 Å². The number of fused-ring (bicyclic) bond motifs is 1. The first-order valence-corrected chi connectivity index (χ1v) is 9.88. The van der Waals surface area contributed by atoms with Crippen molar-refractivity contribution in [3.05, 3.63) is 92.7 Å². The van der Waals surface area contributed by atoms with Gasteiger partial charge < -0.3 is 0 Å². The Morgan fingerprint density at radius 3 is 2.55 bits per heavy atom. The van der Waals surface area contributed by atoms with Gasteiger partial charge in [0.25, 0.3) is 5.56 Å². The Kier molecular flexibility index (Phi) is 4.64. The highest BCUT2D eigenvalue weighted by Gasteiger charge is 2.18. The fraction of sp³-hybridized carbons (Fsp3) is 0. The molecule has 0 atom stereocenters. The molecule has 2 N–H and O–H groups in total. The highest BCUT2D eigenvalue weighted by atomic mass is 35.5. The predicted octanol–water partition coefficient (Wildman–Crippen LogP) is 5.96. The van der Waals surface area contributed by atoms with Crippen molar-refractivity contribution in [1.82, 2.24) is 20.0 Å². The Balaban J connectivity index is 1.79. The molecule has 0 aliphatic carbocycles. The third-order valence-electron chi connectivity index (χ3n) is 4.90. The fourth-order valence-corrected chi connectivity index (χ4v) is 3.91. The summed E-state index contributed by atoms with van der Waals surface area (Å²) in [5, 5.41) is 10.7. The van der Waals surface area contributed by atoms with Crippen molar-refractivity contribution in [1.29, 1.82) is 0 Å². The molecule has 0 bridgehead atoms. The minimum absolute atomic E-state index is 0.0742. The van der Waals surface area contributed by atoms with Gasteiger partial charge in [-0.15, -0.1) is 0 Å². The molecule has 0 fully saturated rings. The number of aromatic amines is 2. The molecule has 3 aromatic carbocycles. The average Bonchev–Trinajstić information content (AvgIpc) is 3.34. The van der Waals surface area contributed by atoms with Crippen molar-refractivity contribution in [2.45, 2.75) is 0 Å². The number of benzene rings is 3. The second kappa shape index (κ2) is 7.37. The Labute approximate surface area is 183 Å². The summed E-state index contributed by atoms with van der Waals surface area (Å²) in [5.74, 6) is -1.08. The van der Waals surface area contributed by atoms with Crippen LogP contribution in [0.15, 0.2) is 65.5 Å². The lowest BCUT2D eigenvalue weighted by Gasteiger charge is -2.09. The number of hydrogen-bond acceptors (Lipinski definition) is 2. The van der Waals surface area contributed by atoms with Crippen LogP contribution in [0.5, 0.6) is 0 Å². The maximum atomic E-state index is 14.1. The van der Waals surface area contributed by atoms with Gasteiger partial charge in [0.2, 0.25) is 0 Å². The number of H-pyrrole nitrogens is 2. The van der Waals surface area contributed by atoms with Crippen LogP contribution in [-0.2, 0) is 0 Å². The molecule has 2 aromatic heterocycles. The average molecular weight is 457 g/mol. The lowest BCUT2D eigenvalue weighted by Crippen LogP contribution is -2.00. The summed E-state index contributed by atoms with van der Waals surface area (Å²) < 4.78 is 29.3. The van der Waals surface area contributed by atoms with Crippen LogP contribution in [0.3, 0.4) is 0 Å². The van der Waals surface area contributed by atoms with Gasteiger partial charge in [-0.05, 0) is 48.5 Å². The molecule has 2 heterocycles. The number of halogens is 4. The largest absolute Gasteiger partial charge is 0.297 e. The van der Waals surface area contributed by atoms with E-state index in [1.165, 1.54) is 35.0 Å². The van der Waals surface area contributed by atoms with Crippen LogP contribution in [0.2, 0.25) is 10.0 Å². The molecular formula is C22H12Cl2F2N4O. The number of nitrogens with one attached hydrogen (secondary N) is 2. The highest BCUT2D eigenvalue weighted by molar-refractivity contribution is 6.31. The van der Waals surface area contributed by atoms with E-state index in [-0.39, 0.29) is 15.6 Å². The van der Waals surface area contributed by atoms with E-state index in [1.807, 2.05) is 0 Å². The van der Waals surface area contributed by atoms with E-state index >= 15 is 0 Å². The number of hydrogen-bond donors (Lipinski definition) is 2. The minimum atomic E-state index is -0.567. The van der Waals surface area contributed by atoms with E-state index in [1.54, 1.807) is 30.3 Å². The van der Waals surface area contributed by atoms with Crippen LogP contribution in [-0.4, -0.2) is 20.0 Å². The molecule has 0 aliphatic rings. The zero-order valence-electron chi connectivity index (χ0n) is 15.6. The van der Waals surface area contributed by atoms with Crippen LogP contribution in [0, 0.1) is 11.6 Å². The van der Waals surface area contributed by atoms with Crippen LogP contribution >= 0.6 is 23.2 Å². The molecule has 0 amide bonds. The van der Waals surface area contributed by atoms with Gasteiger partial charge in [0.15, 0.2) is 0 Å².